The fourth-order valence-electron chi connectivity index (χ4n) is 2.21. The molecule has 0 fully saturated rings. The molecule has 0 saturated heterocycles. The Labute approximate surface area is 162 Å². The number of thiazole rings is 1. The highest BCUT2D eigenvalue weighted by molar-refractivity contribution is 7.15. The Morgan fingerprint density at radius 3 is 2.35 bits per heavy atom. The number of halogens is 1. The molecule has 0 unspecified atom stereocenters. The minimum atomic E-state index is -0.264. The number of rotatable bonds is 7. The van der Waals surface area contributed by atoms with E-state index in [0.717, 1.165) is 10.6 Å². The maximum Gasteiger partial charge on any atom is 0.254 e. The van der Waals surface area contributed by atoms with Crippen molar-refractivity contribution in [2.45, 2.75) is 13.8 Å². The van der Waals surface area contributed by atoms with Gasteiger partial charge in [0.05, 0.1) is 5.69 Å². The minimum absolute atomic E-state index is 0.0347. The number of carbonyl (C=O) groups is 2. The second kappa shape index (κ2) is 9.12. The SMILES string of the molecule is Cc1nc(NC(=O)CN(CCN(C)C)C(=O)c2ccc(Cl)cc2)sc1C. The highest BCUT2D eigenvalue weighted by Gasteiger charge is 2.20. The third kappa shape index (κ3) is 5.79. The molecule has 140 valence electrons. The summed E-state index contributed by atoms with van der Waals surface area (Å²) in [5.41, 5.74) is 1.40. The molecule has 0 saturated carbocycles. The van der Waals surface area contributed by atoms with Crippen molar-refractivity contribution in [3.63, 3.8) is 0 Å². The average Bonchev–Trinajstić information content (AvgIpc) is 2.88. The molecule has 1 aromatic carbocycles. The Kier molecular flexibility index (Phi) is 7.14. The normalized spacial score (nSPS) is 10.8. The van der Waals surface area contributed by atoms with Crippen LogP contribution >= 0.6 is 22.9 Å². The van der Waals surface area contributed by atoms with Crippen LogP contribution in [0, 0.1) is 13.8 Å². The Bertz CT molecular complexity index is 754. The Morgan fingerprint density at radius 1 is 1.15 bits per heavy atom. The van der Waals surface area contributed by atoms with Crippen LogP contribution in [0.15, 0.2) is 24.3 Å². The number of benzene rings is 1. The van der Waals surface area contributed by atoms with E-state index >= 15 is 0 Å². The standard InChI is InChI=1S/C18H23ClN4O2S/c1-12-13(2)26-18(20-12)21-16(24)11-23(10-9-22(3)4)17(25)14-5-7-15(19)8-6-14/h5-8H,9-11H2,1-4H3,(H,20,21,24). The van der Waals surface area contributed by atoms with Gasteiger partial charge >= 0.3 is 0 Å². The van der Waals surface area contributed by atoms with Gasteiger partial charge in [-0.25, -0.2) is 4.98 Å². The van der Waals surface area contributed by atoms with E-state index in [1.54, 1.807) is 24.3 Å². The van der Waals surface area contributed by atoms with Crippen LogP contribution in [0.5, 0.6) is 0 Å². The average molecular weight is 395 g/mol. The van der Waals surface area contributed by atoms with Gasteiger partial charge in [0.25, 0.3) is 5.91 Å². The Morgan fingerprint density at radius 2 is 1.81 bits per heavy atom. The first kappa shape index (κ1) is 20.4. The van der Waals surface area contributed by atoms with E-state index in [9.17, 15) is 9.59 Å². The summed E-state index contributed by atoms with van der Waals surface area (Å²) in [6.07, 6.45) is 0. The molecule has 2 amide bonds. The van der Waals surface area contributed by atoms with Crippen molar-refractivity contribution in [3.05, 3.63) is 45.4 Å². The van der Waals surface area contributed by atoms with Gasteiger partial charge < -0.3 is 15.1 Å². The van der Waals surface area contributed by atoms with E-state index in [-0.39, 0.29) is 18.4 Å². The number of aryl methyl sites for hydroxylation is 2. The van der Waals surface area contributed by atoms with Gasteiger partial charge in [-0.15, -0.1) is 11.3 Å². The van der Waals surface area contributed by atoms with Crippen LogP contribution in [-0.2, 0) is 4.79 Å². The number of hydrogen-bond donors (Lipinski definition) is 1. The Balaban J connectivity index is 2.08. The van der Waals surface area contributed by atoms with Crippen molar-refractivity contribution in [2.75, 3.05) is 39.0 Å². The Hall–Kier alpha value is -1.96. The van der Waals surface area contributed by atoms with E-state index in [4.69, 9.17) is 11.6 Å². The number of nitrogens with one attached hydrogen (secondary N) is 1. The maximum absolute atomic E-state index is 12.8. The van der Waals surface area contributed by atoms with Gasteiger partial charge in [-0.05, 0) is 52.2 Å². The maximum atomic E-state index is 12.8. The number of anilines is 1. The second-order valence-electron chi connectivity index (χ2n) is 6.25. The molecular weight excluding hydrogens is 372 g/mol. The molecule has 0 bridgehead atoms. The lowest BCUT2D eigenvalue weighted by Gasteiger charge is -2.24. The third-order valence-electron chi connectivity index (χ3n) is 3.80. The summed E-state index contributed by atoms with van der Waals surface area (Å²) in [7, 11) is 3.85. The predicted octanol–water partition coefficient (Wildman–Crippen LogP) is 3.06. The van der Waals surface area contributed by atoms with Crippen LogP contribution in [0.25, 0.3) is 0 Å². The van der Waals surface area contributed by atoms with E-state index in [1.807, 2.05) is 32.8 Å². The monoisotopic (exact) mass is 394 g/mol. The molecule has 2 aromatic rings. The highest BCUT2D eigenvalue weighted by atomic mass is 35.5. The molecular formula is C18H23ClN4O2S. The number of carbonyl (C=O) groups excluding carboxylic acids is 2. The van der Waals surface area contributed by atoms with Gasteiger partial charge in [-0.1, -0.05) is 11.6 Å². The summed E-state index contributed by atoms with van der Waals surface area (Å²) in [5.74, 6) is -0.468. The number of nitrogens with zero attached hydrogens (tertiary/aromatic N) is 3. The van der Waals surface area contributed by atoms with Crippen molar-refractivity contribution in [1.29, 1.82) is 0 Å². The molecule has 2 rings (SSSR count). The topological polar surface area (TPSA) is 65.5 Å². The molecule has 6 nitrogen and oxygen atoms in total. The predicted molar refractivity (Wildman–Crippen MR) is 106 cm³/mol. The third-order valence-corrected chi connectivity index (χ3v) is 5.05. The largest absolute Gasteiger partial charge is 0.328 e. The van der Waals surface area contributed by atoms with E-state index in [1.165, 1.54) is 16.2 Å². The smallest absolute Gasteiger partial charge is 0.254 e. The van der Waals surface area contributed by atoms with Gasteiger partial charge in [0.2, 0.25) is 5.91 Å². The summed E-state index contributed by atoms with van der Waals surface area (Å²) in [4.78, 5) is 34.1. The zero-order valence-corrected chi connectivity index (χ0v) is 16.9. The van der Waals surface area contributed by atoms with Crippen molar-refractivity contribution in [2.24, 2.45) is 0 Å². The van der Waals surface area contributed by atoms with Crippen LogP contribution in [-0.4, -0.2) is 60.3 Å². The van der Waals surface area contributed by atoms with E-state index in [0.29, 0.717) is 28.8 Å². The second-order valence-corrected chi connectivity index (χ2v) is 7.89. The van der Waals surface area contributed by atoms with Crippen LogP contribution in [0.4, 0.5) is 5.13 Å². The molecule has 1 heterocycles. The molecule has 0 radical (unpaired) electrons. The fourth-order valence-corrected chi connectivity index (χ4v) is 3.16. The molecule has 8 heteroatoms. The summed E-state index contributed by atoms with van der Waals surface area (Å²) in [6, 6.07) is 6.66. The highest BCUT2D eigenvalue weighted by Crippen LogP contribution is 2.21. The van der Waals surface area contributed by atoms with Crippen molar-refractivity contribution in [3.8, 4) is 0 Å². The molecule has 1 N–H and O–H groups in total. The van der Waals surface area contributed by atoms with E-state index in [2.05, 4.69) is 10.3 Å². The summed E-state index contributed by atoms with van der Waals surface area (Å²) >= 11 is 7.31. The van der Waals surface area contributed by atoms with E-state index < -0.39 is 0 Å². The number of aromatic nitrogens is 1. The number of hydrogen-bond acceptors (Lipinski definition) is 5. The van der Waals surface area contributed by atoms with Crippen molar-refractivity contribution in [1.82, 2.24) is 14.8 Å². The number of amides is 2. The summed E-state index contributed by atoms with van der Waals surface area (Å²) in [5, 5.41) is 3.89. The molecule has 0 spiro atoms. The molecule has 26 heavy (non-hydrogen) atoms. The first-order valence-corrected chi connectivity index (χ1v) is 9.39. The molecule has 0 aliphatic carbocycles. The molecule has 0 aliphatic heterocycles. The first-order chi connectivity index (χ1) is 12.3. The van der Waals surface area contributed by atoms with Crippen molar-refractivity contribution >= 4 is 39.9 Å². The zero-order valence-electron chi connectivity index (χ0n) is 15.4. The first-order valence-electron chi connectivity index (χ1n) is 8.19. The van der Waals surface area contributed by atoms with Crippen molar-refractivity contribution < 1.29 is 9.59 Å². The quantitative estimate of drug-likeness (QED) is 0.783. The van der Waals surface area contributed by atoms with Gasteiger partial charge in [0.15, 0.2) is 5.13 Å². The van der Waals surface area contributed by atoms with Gasteiger partial charge in [0, 0.05) is 28.6 Å². The minimum Gasteiger partial charge on any atom is -0.328 e. The summed E-state index contributed by atoms with van der Waals surface area (Å²) < 4.78 is 0. The van der Waals surface area contributed by atoms with Crippen LogP contribution in [0.3, 0.4) is 0 Å². The van der Waals surface area contributed by atoms with Gasteiger partial charge in [0.1, 0.15) is 6.54 Å². The lowest BCUT2D eigenvalue weighted by molar-refractivity contribution is -0.116. The molecule has 0 aliphatic rings. The number of likely N-dealkylation sites (N-methyl/N-ethyl adjacent to an activating group) is 1. The molecule has 1 aromatic heterocycles. The lowest BCUT2D eigenvalue weighted by atomic mass is 10.2. The van der Waals surface area contributed by atoms with Crippen LogP contribution in [0.1, 0.15) is 20.9 Å². The van der Waals surface area contributed by atoms with Crippen LogP contribution < -0.4 is 5.32 Å². The summed E-state index contributed by atoms with van der Waals surface area (Å²) in [6.45, 7) is 4.91. The van der Waals surface area contributed by atoms with Gasteiger partial charge in [-0.2, -0.15) is 0 Å². The fraction of sp³-hybridized carbons (Fsp3) is 0.389. The zero-order chi connectivity index (χ0) is 19.3. The van der Waals surface area contributed by atoms with Gasteiger partial charge in [-0.3, -0.25) is 9.59 Å². The molecule has 0 atom stereocenters. The van der Waals surface area contributed by atoms with Crippen LogP contribution in [0.2, 0.25) is 5.02 Å². The lowest BCUT2D eigenvalue weighted by Crippen LogP contribution is -2.41.